The minimum absolute atomic E-state index is 0.218. The fourth-order valence-electron chi connectivity index (χ4n) is 3.25. The number of aryl methyl sites for hydroxylation is 1. The van der Waals surface area contributed by atoms with E-state index < -0.39 is 5.82 Å². The lowest BCUT2D eigenvalue weighted by molar-refractivity contribution is 0.628. The predicted octanol–water partition coefficient (Wildman–Crippen LogP) is 6.43. The van der Waals surface area contributed by atoms with Crippen molar-refractivity contribution in [2.24, 2.45) is 0 Å². The van der Waals surface area contributed by atoms with E-state index in [1.54, 1.807) is 13.1 Å². The second-order valence-electron chi connectivity index (χ2n) is 7.36. The number of benzene rings is 1. The molecule has 4 nitrogen and oxygen atoms in total. The van der Waals surface area contributed by atoms with E-state index in [1.165, 1.54) is 6.07 Å². The first-order valence-electron chi connectivity index (χ1n) is 9.62. The van der Waals surface area contributed by atoms with Gasteiger partial charge in [-0.05, 0) is 50.1 Å². The van der Waals surface area contributed by atoms with Gasteiger partial charge >= 0.3 is 0 Å². The SMILES string of the molecule is Cc1nc2cc(F)c(-c3ccc(P(C)C)nc3)nc2c(NCc2cccc(Cl)c2)c1Cl. The first-order chi connectivity index (χ1) is 14.8. The molecule has 0 amide bonds. The minimum Gasteiger partial charge on any atom is -0.378 e. The summed E-state index contributed by atoms with van der Waals surface area (Å²) < 4.78 is 14.9. The van der Waals surface area contributed by atoms with Crippen LogP contribution in [0.15, 0.2) is 48.7 Å². The van der Waals surface area contributed by atoms with E-state index in [-0.39, 0.29) is 13.6 Å². The van der Waals surface area contributed by atoms with Crippen LogP contribution in [-0.2, 0) is 6.54 Å². The Morgan fingerprint density at radius 3 is 2.55 bits per heavy atom. The molecule has 31 heavy (non-hydrogen) atoms. The molecule has 0 atom stereocenters. The van der Waals surface area contributed by atoms with E-state index in [2.05, 4.69) is 33.6 Å². The van der Waals surface area contributed by atoms with E-state index in [0.29, 0.717) is 44.6 Å². The van der Waals surface area contributed by atoms with Crippen LogP contribution in [0.25, 0.3) is 22.3 Å². The van der Waals surface area contributed by atoms with Gasteiger partial charge in [0.1, 0.15) is 11.2 Å². The van der Waals surface area contributed by atoms with Crippen molar-refractivity contribution in [3.8, 4) is 11.3 Å². The first-order valence-corrected chi connectivity index (χ1v) is 12.6. The van der Waals surface area contributed by atoms with Crippen molar-refractivity contribution in [3.63, 3.8) is 0 Å². The molecular weight excluding hydrogens is 453 g/mol. The lowest BCUT2D eigenvalue weighted by Gasteiger charge is -2.14. The lowest BCUT2D eigenvalue weighted by Crippen LogP contribution is -2.06. The van der Waals surface area contributed by atoms with E-state index in [9.17, 15) is 4.39 Å². The summed E-state index contributed by atoms with van der Waals surface area (Å²) in [4.78, 5) is 13.5. The normalized spacial score (nSPS) is 11.3. The molecule has 3 aromatic heterocycles. The quantitative estimate of drug-likeness (QED) is 0.340. The maximum absolute atomic E-state index is 14.9. The Bertz CT molecular complexity index is 1260. The van der Waals surface area contributed by atoms with Gasteiger partial charge in [0, 0.05) is 29.4 Å². The van der Waals surface area contributed by atoms with Gasteiger partial charge in [-0.1, -0.05) is 43.3 Å². The molecule has 0 unspecified atom stereocenters. The van der Waals surface area contributed by atoms with Crippen LogP contribution in [0.2, 0.25) is 10.0 Å². The average molecular weight is 473 g/mol. The molecule has 0 bridgehead atoms. The summed E-state index contributed by atoms with van der Waals surface area (Å²) in [5.41, 5.74) is 4.97. The highest BCUT2D eigenvalue weighted by Crippen LogP contribution is 2.34. The maximum Gasteiger partial charge on any atom is 0.151 e. The van der Waals surface area contributed by atoms with Gasteiger partial charge in [0.25, 0.3) is 0 Å². The van der Waals surface area contributed by atoms with Gasteiger partial charge in [0.2, 0.25) is 0 Å². The zero-order valence-electron chi connectivity index (χ0n) is 17.2. The van der Waals surface area contributed by atoms with E-state index >= 15 is 0 Å². The Balaban J connectivity index is 1.79. The monoisotopic (exact) mass is 472 g/mol. The number of aromatic nitrogens is 3. The summed E-state index contributed by atoms with van der Waals surface area (Å²) >= 11 is 12.7. The number of anilines is 1. The smallest absolute Gasteiger partial charge is 0.151 e. The molecule has 0 saturated carbocycles. The molecule has 0 aliphatic carbocycles. The molecule has 8 heteroatoms. The highest BCUT2D eigenvalue weighted by Gasteiger charge is 2.17. The number of pyridine rings is 3. The van der Waals surface area contributed by atoms with Gasteiger partial charge in [-0.3, -0.25) is 4.98 Å². The molecule has 0 saturated heterocycles. The van der Waals surface area contributed by atoms with Crippen molar-refractivity contribution >= 4 is 53.3 Å². The second kappa shape index (κ2) is 9.04. The third-order valence-corrected chi connectivity index (χ3v) is 6.73. The Hall–Kier alpha value is -2.33. The summed E-state index contributed by atoms with van der Waals surface area (Å²) in [5, 5.41) is 4.44. The molecule has 3 heterocycles. The molecule has 1 N–H and O–H groups in total. The summed E-state index contributed by atoms with van der Waals surface area (Å²) in [6.45, 7) is 6.52. The van der Waals surface area contributed by atoms with Gasteiger partial charge in [-0.2, -0.15) is 0 Å². The van der Waals surface area contributed by atoms with Crippen molar-refractivity contribution in [2.45, 2.75) is 13.5 Å². The van der Waals surface area contributed by atoms with Crippen LogP contribution in [0.4, 0.5) is 10.1 Å². The van der Waals surface area contributed by atoms with Gasteiger partial charge in [0.15, 0.2) is 5.82 Å². The summed E-state index contributed by atoms with van der Waals surface area (Å²) in [7, 11) is -0.328. The first kappa shape index (κ1) is 21.9. The molecule has 4 rings (SSSR count). The van der Waals surface area contributed by atoms with E-state index in [4.69, 9.17) is 23.2 Å². The zero-order valence-corrected chi connectivity index (χ0v) is 19.7. The molecule has 1 aromatic carbocycles. The zero-order chi connectivity index (χ0) is 22.1. The lowest BCUT2D eigenvalue weighted by atomic mass is 10.1. The summed E-state index contributed by atoms with van der Waals surface area (Å²) in [5.74, 6) is -0.452. The number of nitrogens with zero attached hydrogens (tertiary/aromatic N) is 3. The van der Waals surface area contributed by atoms with Crippen LogP contribution in [0.5, 0.6) is 0 Å². The molecule has 4 aromatic rings. The second-order valence-corrected chi connectivity index (χ2v) is 10.4. The van der Waals surface area contributed by atoms with Crippen LogP contribution in [0.3, 0.4) is 0 Å². The Morgan fingerprint density at radius 2 is 1.87 bits per heavy atom. The van der Waals surface area contributed by atoms with Crippen LogP contribution < -0.4 is 10.8 Å². The van der Waals surface area contributed by atoms with Crippen LogP contribution in [0.1, 0.15) is 11.3 Å². The fraction of sp³-hybridized carbons (Fsp3) is 0.174. The molecular formula is C23H20Cl2FN4P. The van der Waals surface area contributed by atoms with Crippen molar-refractivity contribution in [1.29, 1.82) is 0 Å². The van der Waals surface area contributed by atoms with Crippen molar-refractivity contribution in [2.75, 3.05) is 18.6 Å². The van der Waals surface area contributed by atoms with Crippen LogP contribution >= 0.6 is 31.1 Å². The van der Waals surface area contributed by atoms with Gasteiger partial charge < -0.3 is 5.32 Å². The fourth-order valence-corrected chi connectivity index (χ4v) is 4.33. The Labute approximate surface area is 191 Å². The Morgan fingerprint density at radius 1 is 1.06 bits per heavy atom. The van der Waals surface area contributed by atoms with E-state index in [0.717, 1.165) is 11.0 Å². The van der Waals surface area contributed by atoms with Crippen molar-refractivity contribution in [1.82, 2.24) is 15.0 Å². The molecule has 0 radical (unpaired) electrons. The molecule has 0 aliphatic rings. The molecule has 0 spiro atoms. The molecule has 0 fully saturated rings. The Kier molecular flexibility index (Phi) is 6.38. The number of halogens is 3. The summed E-state index contributed by atoms with van der Waals surface area (Å²) in [6, 6.07) is 12.7. The van der Waals surface area contributed by atoms with Gasteiger partial charge in [-0.25, -0.2) is 14.4 Å². The predicted molar refractivity (Wildman–Crippen MR) is 130 cm³/mol. The van der Waals surface area contributed by atoms with Crippen LogP contribution in [0, 0.1) is 12.7 Å². The summed E-state index contributed by atoms with van der Waals surface area (Å²) in [6.07, 6.45) is 1.66. The minimum atomic E-state index is -0.452. The topological polar surface area (TPSA) is 50.7 Å². The number of rotatable bonds is 5. The standard InChI is InChI=1S/C23H20Cl2FN4P/c1-13-20(25)23(28-11-14-5-4-6-16(24)9-14)22-18(29-13)10-17(26)21(30-22)15-7-8-19(27-12-15)31(2)3/h4-10,12H,11H2,1-3H3,(H,28,29). The highest BCUT2D eigenvalue weighted by molar-refractivity contribution is 7.63. The van der Waals surface area contributed by atoms with Gasteiger partial charge in [-0.15, -0.1) is 0 Å². The number of hydrogen-bond acceptors (Lipinski definition) is 4. The van der Waals surface area contributed by atoms with Crippen molar-refractivity contribution < 1.29 is 4.39 Å². The highest BCUT2D eigenvalue weighted by atomic mass is 35.5. The third-order valence-electron chi connectivity index (χ3n) is 4.86. The molecule has 0 aliphatic heterocycles. The van der Waals surface area contributed by atoms with Gasteiger partial charge in [0.05, 0.1) is 27.4 Å². The largest absolute Gasteiger partial charge is 0.378 e. The number of fused-ring (bicyclic) bond motifs is 1. The number of nitrogens with one attached hydrogen (secondary N) is 1. The third kappa shape index (κ3) is 4.64. The molecule has 158 valence electrons. The average Bonchev–Trinajstić information content (AvgIpc) is 2.74. The van der Waals surface area contributed by atoms with Crippen molar-refractivity contribution in [3.05, 3.63) is 75.8 Å². The van der Waals surface area contributed by atoms with E-state index in [1.807, 2.05) is 36.4 Å². The maximum atomic E-state index is 14.9. The van der Waals surface area contributed by atoms with Crippen LogP contribution in [-0.4, -0.2) is 28.3 Å². The number of hydrogen-bond donors (Lipinski definition) is 1.